The Morgan fingerprint density at radius 1 is 0.912 bits per heavy atom. The summed E-state index contributed by atoms with van der Waals surface area (Å²) in [7, 11) is -3.66. The molecular weight excluding hydrogens is 472 g/mol. The third kappa shape index (κ3) is 4.50. The Balaban J connectivity index is 1.20. The molecule has 2 aliphatic heterocycles. The van der Waals surface area contributed by atoms with Crippen molar-refractivity contribution in [3.8, 4) is 0 Å². The highest BCUT2D eigenvalue weighted by Crippen LogP contribution is 2.29. The maximum Gasteiger partial charge on any atom is 0.243 e. The molecule has 7 nitrogen and oxygen atoms in total. The van der Waals surface area contributed by atoms with Crippen molar-refractivity contribution < 1.29 is 13.2 Å². The minimum atomic E-state index is -3.66. The third-order valence-corrected chi connectivity index (χ3v) is 9.08. The number of aromatic nitrogens is 1. The molecular formula is C25H27ClN4O3S. The number of piperidine rings is 1. The molecule has 3 heterocycles. The predicted octanol–water partition coefficient (Wildman–Crippen LogP) is 3.64. The van der Waals surface area contributed by atoms with Crippen LogP contribution in [0.15, 0.2) is 65.8 Å². The van der Waals surface area contributed by atoms with E-state index in [1.165, 1.54) is 4.31 Å². The average Bonchev–Trinajstić information content (AvgIpc) is 2.89. The Labute approximate surface area is 205 Å². The summed E-state index contributed by atoms with van der Waals surface area (Å²) in [6.07, 6.45) is 5.17. The number of nitrogens with zero attached hydrogens (tertiary/aromatic N) is 4. The van der Waals surface area contributed by atoms with Crippen molar-refractivity contribution in [2.45, 2.75) is 17.7 Å². The number of halogens is 1. The van der Waals surface area contributed by atoms with Gasteiger partial charge in [0, 0.05) is 73.7 Å². The molecule has 178 valence electrons. The average molecular weight is 499 g/mol. The second kappa shape index (κ2) is 9.52. The molecule has 2 aliphatic rings. The van der Waals surface area contributed by atoms with Crippen molar-refractivity contribution in [1.29, 1.82) is 0 Å². The lowest BCUT2D eigenvalue weighted by atomic mass is 9.94. The van der Waals surface area contributed by atoms with Crippen LogP contribution in [0.25, 0.3) is 10.8 Å². The molecule has 0 saturated carbocycles. The van der Waals surface area contributed by atoms with Gasteiger partial charge in [-0.05, 0) is 48.6 Å². The third-order valence-electron chi connectivity index (χ3n) is 6.86. The van der Waals surface area contributed by atoms with Crippen molar-refractivity contribution in [2.75, 3.05) is 44.2 Å². The predicted molar refractivity (Wildman–Crippen MR) is 133 cm³/mol. The van der Waals surface area contributed by atoms with Crippen molar-refractivity contribution >= 4 is 44.0 Å². The standard InChI is InChI=1S/C25H27ClN4O3S/c26-24-3-1-2-19-4-5-22(18-23(19)24)34(32,33)30-16-14-29(15-17-30)25(31)20-8-12-28(13-9-20)21-6-10-27-11-7-21/h1-7,10-11,18,20H,8-9,12-17H2. The molecule has 2 saturated heterocycles. The Morgan fingerprint density at radius 3 is 2.32 bits per heavy atom. The van der Waals surface area contributed by atoms with E-state index in [4.69, 9.17) is 11.6 Å². The molecule has 1 amide bonds. The summed E-state index contributed by atoms with van der Waals surface area (Å²) < 4.78 is 28.0. The van der Waals surface area contributed by atoms with Gasteiger partial charge in [0.05, 0.1) is 4.90 Å². The van der Waals surface area contributed by atoms with Gasteiger partial charge in [-0.3, -0.25) is 9.78 Å². The van der Waals surface area contributed by atoms with E-state index in [0.29, 0.717) is 31.2 Å². The van der Waals surface area contributed by atoms with Crippen molar-refractivity contribution in [1.82, 2.24) is 14.2 Å². The normalized spacial score (nSPS) is 18.4. The minimum Gasteiger partial charge on any atom is -0.371 e. The maximum absolute atomic E-state index is 13.3. The zero-order valence-electron chi connectivity index (χ0n) is 18.8. The van der Waals surface area contributed by atoms with Crippen LogP contribution in [0.4, 0.5) is 5.69 Å². The van der Waals surface area contributed by atoms with Crippen molar-refractivity contribution in [3.05, 3.63) is 65.9 Å². The first kappa shape index (κ1) is 23.1. The summed E-state index contributed by atoms with van der Waals surface area (Å²) in [5, 5.41) is 2.15. The first-order valence-corrected chi connectivity index (χ1v) is 13.4. The number of piperazine rings is 1. The molecule has 9 heteroatoms. The maximum atomic E-state index is 13.3. The lowest BCUT2D eigenvalue weighted by Gasteiger charge is -2.38. The van der Waals surface area contributed by atoms with Gasteiger partial charge in [0.15, 0.2) is 0 Å². The quantitative estimate of drug-likeness (QED) is 0.549. The van der Waals surface area contributed by atoms with Gasteiger partial charge < -0.3 is 9.80 Å². The molecule has 0 radical (unpaired) electrons. The zero-order chi connectivity index (χ0) is 23.7. The van der Waals surface area contributed by atoms with Crippen molar-refractivity contribution in [3.63, 3.8) is 0 Å². The fourth-order valence-electron chi connectivity index (χ4n) is 4.87. The molecule has 2 fully saturated rings. The second-order valence-electron chi connectivity index (χ2n) is 8.82. The number of hydrogen-bond acceptors (Lipinski definition) is 5. The lowest BCUT2D eigenvalue weighted by Crippen LogP contribution is -2.52. The summed E-state index contributed by atoms with van der Waals surface area (Å²) in [4.78, 5) is 21.5. The van der Waals surface area contributed by atoms with Gasteiger partial charge in [0.1, 0.15) is 0 Å². The summed E-state index contributed by atoms with van der Waals surface area (Å²) in [6, 6.07) is 14.5. The minimum absolute atomic E-state index is 0.0103. The van der Waals surface area contributed by atoms with Gasteiger partial charge in [-0.15, -0.1) is 0 Å². The van der Waals surface area contributed by atoms with Gasteiger partial charge in [0.2, 0.25) is 15.9 Å². The smallest absolute Gasteiger partial charge is 0.243 e. The van der Waals surface area contributed by atoms with Crippen LogP contribution >= 0.6 is 11.6 Å². The molecule has 0 N–H and O–H groups in total. The number of fused-ring (bicyclic) bond motifs is 1. The second-order valence-corrected chi connectivity index (χ2v) is 11.2. The molecule has 3 aromatic rings. The number of amides is 1. The van der Waals surface area contributed by atoms with E-state index in [1.54, 1.807) is 36.7 Å². The Bertz CT molecular complexity index is 1290. The number of pyridine rings is 1. The topological polar surface area (TPSA) is 73.8 Å². The fourth-order valence-corrected chi connectivity index (χ4v) is 6.56. The summed E-state index contributed by atoms with van der Waals surface area (Å²) >= 11 is 6.28. The van der Waals surface area contributed by atoms with E-state index in [1.807, 2.05) is 29.2 Å². The number of benzene rings is 2. The largest absolute Gasteiger partial charge is 0.371 e. The molecule has 1 aromatic heterocycles. The Hall–Kier alpha value is -2.68. The molecule has 0 atom stereocenters. The van der Waals surface area contributed by atoms with Crippen molar-refractivity contribution in [2.24, 2.45) is 5.92 Å². The number of sulfonamides is 1. The first-order chi connectivity index (χ1) is 16.4. The van der Waals surface area contributed by atoms with E-state index < -0.39 is 10.0 Å². The van der Waals surface area contributed by atoms with E-state index >= 15 is 0 Å². The van der Waals surface area contributed by atoms with E-state index in [9.17, 15) is 13.2 Å². The van der Waals surface area contributed by atoms with Gasteiger partial charge in [-0.25, -0.2) is 8.42 Å². The summed E-state index contributed by atoms with van der Waals surface area (Å²) in [5.41, 5.74) is 1.13. The van der Waals surface area contributed by atoms with Crippen LogP contribution in [0.2, 0.25) is 5.02 Å². The van der Waals surface area contributed by atoms with Crippen LogP contribution in [0, 0.1) is 5.92 Å². The van der Waals surface area contributed by atoms with E-state index in [2.05, 4.69) is 9.88 Å². The van der Waals surface area contributed by atoms with Gasteiger partial charge in [-0.1, -0.05) is 29.8 Å². The number of carbonyl (C=O) groups is 1. The van der Waals surface area contributed by atoms with E-state index in [-0.39, 0.29) is 16.7 Å². The molecule has 0 bridgehead atoms. The van der Waals surface area contributed by atoms with Gasteiger partial charge in [0.25, 0.3) is 0 Å². The lowest BCUT2D eigenvalue weighted by molar-refractivity contribution is -0.137. The monoisotopic (exact) mass is 498 g/mol. The zero-order valence-corrected chi connectivity index (χ0v) is 20.4. The fraction of sp³-hybridized carbons (Fsp3) is 0.360. The molecule has 2 aromatic carbocycles. The number of anilines is 1. The summed E-state index contributed by atoms with van der Waals surface area (Å²) in [6.45, 7) is 3.08. The van der Waals surface area contributed by atoms with Crippen LogP contribution in [0.5, 0.6) is 0 Å². The molecule has 0 unspecified atom stereocenters. The Kier molecular flexibility index (Phi) is 6.46. The number of rotatable bonds is 4. The van der Waals surface area contributed by atoms with Crippen LogP contribution in [-0.4, -0.2) is 67.8 Å². The molecule has 5 rings (SSSR count). The van der Waals surface area contributed by atoms with Gasteiger partial charge in [-0.2, -0.15) is 4.31 Å². The summed E-state index contributed by atoms with van der Waals surface area (Å²) in [5.74, 6) is 0.132. The molecule has 0 spiro atoms. The highest BCUT2D eigenvalue weighted by atomic mass is 35.5. The Morgan fingerprint density at radius 2 is 1.62 bits per heavy atom. The van der Waals surface area contributed by atoms with Crippen LogP contribution < -0.4 is 4.90 Å². The van der Waals surface area contributed by atoms with E-state index in [0.717, 1.165) is 42.4 Å². The van der Waals surface area contributed by atoms with Crippen LogP contribution in [0.3, 0.4) is 0 Å². The highest BCUT2D eigenvalue weighted by molar-refractivity contribution is 7.89. The van der Waals surface area contributed by atoms with Crippen LogP contribution in [-0.2, 0) is 14.8 Å². The molecule has 0 aliphatic carbocycles. The molecule has 34 heavy (non-hydrogen) atoms. The first-order valence-electron chi connectivity index (χ1n) is 11.6. The van der Waals surface area contributed by atoms with Gasteiger partial charge >= 0.3 is 0 Å². The number of carbonyl (C=O) groups excluding carboxylic acids is 1. The SMILES string of the molecule is O=C(C1CCN(c2ccncc2)CC1)N1CCN(S(=O)(=O)c2ccc3cccc(Cl)c3c2)CC1. The highest BCUT2D eigenvalue weighted by Gasteiger charge is 2.34. The van der Waals surface area contributed by atoms with Crippen LogP contribution in [0.1, 0.15) is 12.8 Å². The number of hydrogen-bond donors (Lipinski definition) is 0.